The molecule has 0 unspecified atom stereocenters. The van der Waals surface area contributed by atoms with E-state index < -0.39 is 0 Å². The Hall–Kier alpha value is -1.77. The first kappa shape index (κ1) is 17.3. The van der Waals surface area contributed by atoms with Crippen LogP contribution < -0.4 is 15.4 Å². The average molecular weight is 401 g/mol. The fraction of sp³-hybridized carbons (Fsp3) is 0.286. The third kappa shape index (κ3) is 5.62. The van der Waals surface area contributed by atoms with Crippen LogP contribution in [-0.2, 0) is 13.1 Å². The van der Waals surface area contributed by atoms with Gasteiger partial charge in [-0.3, -0.25) is 10.1 Å². The van der Waals surface area contributed by atoms with Crippen molar-refractivity contribution in [3.8, 4) is 5.75 Å². The maximum absolute atomic E-state index is 5.13. The number of nitrogens with one attached hydrogen (secondary N) is 3. The highest BCUT2D eigenvalue weighted by atomic mass is 127. The molecule has 6 nitrogen and oxygen atoms in total. The molecule has 1 aromatic carbocycles. The normalized spacial score (nSPS) is 10.7. The molecule has 3 N–H and O–H groups in total. The van der Waals surface area contributed by atoms with Crippen LogP contribution in [0.1, 0.15) is 11.3 Å². The van der Waals surface area contributed by atoms with Crippen molar-refractivity contribution in [3.63, 3.8) is 0 Å². The second-order valence-corrected chi connectivity index (χ2v) is 4.21. The van der Waals surface area contributed by atoms with E-state index in [1.165, 1.54) is 0 Å². The smallest absolute Gasteiger partial charge is 0.191 e. The maximum Gasteiger partial charge on any atom is 0.191 e. The van der Waals surface area contributed by atoms with Crippen LogP contribution in [0.25, 0.3) is 0 Å². The van der Waals surface area contributed by atoms with Crippen LogP contribution in [0.15, 0.2) is 41.5 Å². The summed E-state index contributed by atoms with van der Waals surface area (Å²) in [4.78, 5) is 4.17. The number of aromatic amines is 1. The van der Waals surface area contributed by atoms with E-state index in [0.717, 1.165) is 23.0 Å². The summed E-state index contributed by atoms with van der Waals surface area (Å²) in [6, 6.07) is 9.85. The number of rotatable bonds is 5. The zero-order valence-electron chi connectivity index (χ0n) is 12.1. The average Bonchev–Trinajstić information content (AvgIpc) is 3.01. The van der Waals surface area contributed by atoms with E-state index in [1.807, 2.05) is 30.3 Å². The zero-order chi connectivity index (χ0) is 14.2. The molecule has 0 radical (unpaired) electrons. The minimum absolute atomic E-state index is 0. The van der Waals surface area contributed by atoms with Crippen molar-refractivity contribution in [3.05, 3.63) is 47.8 Å². The number of benzene rings is 1. The summed E-state index contributed by atoms with van der Waals surface area (Å²) >= 11 is 0. The first-order valence-corrected chi connectivity index (χ1v) is 6.37. The van der Waals surface area contributed by atoms with Gasteiger partial charge in [-0.25, -0.2) is 0 Å². The number of nitrogens with zero attached hydrogens (tertiary/aromatic N) is 2. The molecular formula is C14H20IN5O. The van der Waals surface area contributed by atoms with Crippen molar-refractivity contribution in [1.82, 2.24) is 20.8 Å². The van der Waals surface area contributed by atoms with Crippen LogP contribution in [0.2, 0.25) is 0 Å². The van der Waals surface area contributed by atoms with Gasteiger partial charge >= 0.3 is 0 Å². The number of guanidine groups is 1. The molecule has 0 aliphatic heterocycles. The van der Waals surface area contributed by atoms with Crippen molar-refractivity contribution in [1.29, 1.82) is 0 Å². The summed E-state index contributed by atoms with van der Waals surface area (Å²) in [6.07, 6.45) is 1.73. The number of methoxy groups -OCH3 is 1. The third-order valence-corrected chi connectivity index (χ3v) is 2.85. The predicted molar refractivity (Wildman–Crippen MR) is 94.0 cm³/mol. The quantitative estimate of drug-likeness (QED) is 0.407. The molecule has 114 valence electrons. The topological polar surface area (TPSA) is 74.3 Å². The van der Waals surface area contributed by atoms with Crippen LogP contribution in [0.5, 0.6) is 5.75 Å². The molecule has 1 aromatic heterocycles. The first-order chi connectivity index (χ1) is 9.81. The molecular weight excluding hydrogens is 381 g/mol. The van der Waals surface area contributed by atoms with Crippen LogP contribution in [0.3, 0.4) is 0 Å². The summed E-state index contributed by atoms with van der Waals surface area (Å²) in [5.41, 5.74) is 2.17. The summed E-state index contributed by atoms with van der Waals surface area (Å²) < 4.78 is 5.13. The molecule has 0 fully saturated rings. The number of hydrogen-bond acceptors (Lipinski definition) is 3. The zero-order valence-corrected chi connectivity index (χ0v) is 14.4. The monoisotopic (exact) mass is 401 g/mol. The van der Waals surface area contributed by atoms with Gasteiger partial charge in [0.05, 0.1) is 19.3 Å². The lowest BCUT2D eigenvalue weighted by Crippen LogP contribution is -2.36. The first-order valence-electron chi connectivity index (χ1n) is 6.37. The molecule has 2 rings (SSSR count). The van der Waals surface area contributed by atoms with Gasteiger partial charge in [-0.05, 0) is 23.8 Å². The van der Waals surface area contributed by atoms with E-state index in [2.05, 4.69) is 25.8 Å². The molecule has 0 amide bonds. The molecule has 0 aliphatic carbocycles. The Bertz CT molecular complexity index is 539. The van der Waals surface area contributed by atoms with Gasteiger partial charge in [-0.15, -0.1) is 24.0 Å². The highest BCUT2D eigenvalue weighted by Crippen LogP contribution is 2.10. The van der Waals surface area contributed by atoms with E-state index in [1.54, 1.807) is 20.4 Å². The lowest BCUT2D eigenvalue weighted by molar-refractivity contribution is 0.414. The fourth-order valence-corrected chi connectivity index (χ4v) is 1.71. The minimum atomic E-state index is 0. The van der Waals surface area contributed by atoms with E-state index >= 15 is 0 Å². The number of halogens is 1. The number of ether oxygens (including phenoxy) is 1. The van der Waals surface area contributed by atoms with Gasteiger partial charge in [0.2, 0.25) is 0 Å². The molecule has 1 heterocycles. The largest absolute Gasteiger partial charge is 0.497 e. The Morgan fingerprint density at radius 3 is 2.48 bits per heavy atom. The lowest BCUT2D eigenvalue weighted by atomic mass is 10.2. The van der Waals surface area contributed by atoms with E-state index in [0.29, 0.717) is 13.1 Å². The molecule has 0 spiro atoms. The van der Waals surface area contributed by atoms with Crippen molar-refractivity contribution in [2.24, 2.45) is 4.99 Å². The van der Waals surface area contributed by atoms with Gasteiger partial charge < -0.3 is 15.4 Å². The molecule has 0 aliphatic rings. The molecule has 21 heavy (non-hydrogen) atoms. The number of hydrogen-bond donors (Lipinski definition) is 3. The Kier molecular flexibility index (Phi) is 7.59. The van der Waals surface area contributed by atoms with Gasteiger partial charge in [-0.2, -0.15) is 5.10 Å². The Morgan fingerprint density at radius 1 is 1.19 bits per heavy atom. The van der Waals surface area contributed by atoms with Crippen LogP contribution in [0.4, 0.5) is 0 Å². The van der Waals surface area contributed by atoms with E-state index in [9.17, 15) is 0 Å². The highest BCUT2D eigenvalue weighted by Gasteiger charge is 2.00. The number of H-pyrrole nitrogens is 1. The molecule has 0 bridgehead atoms. The van der Waals surface area contributed by atoms with Crippen molar-refractivity contribution in [2.75, 3.05) is 14.2 Å². The van der Waals surface area contributed by atoms with Crippen LogP contribution in [0, 0.1) is 0 Å². The number of aromatic nitrogens is 2. The van der Waals surface area contributed by atoms with Gasteiger partial charge in [0.15, 0.2) is 5.96 Å². The molecule has 0 saturated carbocycles. The standard InChI is InChI=1S/C14H19N5O.HI/c1-15-14(17-10-12-7-8-18-19-12)16-9-11-3-5-13(20-2)6-4-11;/h3-8H,9-10H2,1-2H3,(H,18,19)(H2,15,16,17);1H. The molecule has 0 atom stereocenters. The van der Waals surface area contributed by atoms with Gasteiger partial charge in [0, 0.05) is 19.8 Å². The van der Waals surface area contributed by atoms with E-state index in [-0.39, 0.29) is 24.0 Å². The second kappa shape index (κ2) is 9.22. The molecule has 0 saturated heterocycles. The van der Waals surface area contributed by atoms with Crippen molar-refractivity contribution in [2.45, 2.75) is 13.1 Å². The summed E-state index contributed by atoms with van der Waals surface area (Å²) in [7, 11) is 3.41. The van der Waals surface area contributed by atoms with E-state index in [4.69, 9.17) is 4.74 Å². The summed E-state index contributed by atoms with van der Waals surface area (Å²) in [6.45, 7) is 1.36. The Labute approximate surface area is 141 Å². The van der Waals surface area contributed by atoms with Crippen molar-refractivity contribution < 1.29 is 4.74 Å². The van der Waals surface area contributed by atoms with Crippen LogP contribution >= 0.6 is 24.0 Å². The fourth-order valence-electron chi connectivity index (χ4n) is 1.71. The third-order valence-electron chi connectivity index (χ3n) is 2.85. The minimum Gasteiger partial charge on any atom is -0.497 e. The number of aliphatic imine (C=N–C) groups is 1. The highest BCUT2D eigenvalue weighted by molar-refractivity contribution is 14.0. The van der Waals surface area contributed by atoms with Gasteiger partial charge in [0.1, 0.15) is 5.75 Å². The van der Waals surface area contributed by atoms with Gasteiger partial charge in [-0.1, -0.05) is 12.1 Å². The SMILES string of the molecule is CN=C(NCc1ccc(OC)cc1)NCc1ccn[nH]1.I. The van der Waals surface area contributed by atoms with Crippen LogP contribution in [-0.4, -0.2) is 30.3 Å². The summed E-state index contributed by atoms with van der Waals surface area (Å²) in [5, 5.41) is 13.2. The predicted octanol–water partition coefficient (Wildman–Crippen LogP) is 1.90. The Morgan fingerprint density at radius 2 is 1.90 bits per heavy atom. The molecule has 7 heteroatoms. The Balaban J connectivity index is 0.00000220. The molecule has 2 aromatic rings. The summed E-state index contributed by atoms with van der Waals surface area (Å²) in [5.74, 6) is 1.60. The second-order valence-electron chi connectivity index (χ2n) is 4.21. The van der Waals surface area contributed by atoms with Gasteiger partial charge in [0.25, 0.3) is 0 Å². The maximum atomic E-state index is 5.13. The van der Waals surface area contributed by atoms with Crippen molar-refractivity contribution >= 4 is 29.9 Å². The lowest BCUT2D eigenvalue weighted by Gasteiger charge is -2.11.